The third-order valence-corrected chi connectivity index (χ3v) is 10.5. The molecule has 0 bridgehead atoms. The topological polar surface area (TPSA) is 142 Å². The molecule has 0 radical (unpaired) electrons. The Morgan fingerprint density at radius 2 is 1.78 bits per heavy atom. The predicted molar refractivity (Wildman–Crippen MR) is 185 cm³/mol. The van der Waals surface area contributed by atoms with E-state index in [0.29, 0.717) is 84.5 Å². The molecule has 12 nitrogen and oxygen atoms in total. The molecule has 2 saturated carbocycles. The Balaban J connectivity index is 1.22. The molecule has 4 aromatic rings. The number of anilines is 2. The number of nitrogens with zero attached hydrogens (tertiary/aromatic N) is 7. The van der Waals surface area contributed by atoms with Gasteiger partial charge in [0.15, 0.2) is 11.5 Å². The largest absolute Gasteiger partial charge is 0.480 e. The number of H-pyrrole nitrogens is 1. The Labute approximate surface area is 293 Å². The van der Waals surface area contributed by atoms with E-state index in [4.69, 9.17) is 24.5 Å². The molecule has 0 aromatic carbocycles. The lowest BCUT2D eigenvalue weighted by atomic mass is 9.86. The van der Waals surface area contributed by atoms with Crippen LogP contribution >= 0.6 is 0 Å². The first kappa shape index (κ1) is 35.1. The van der Waals surface area contributed by atoms with Crippen LogP contribution in [-0.4, -0.2) is 93.6 Å². The van der Waals surface area contributed by atoms with Gasteiger partial charge in [0.1, 0.15) is 29.3 Å². The average Bonchev–Trinajstić information content (AvgIpc) is 3.72. The number of fused-ring (bicyclic) bond motifs is 1. The maximum atomic E-state index is 14.0. The lowest BCUT2D eigenvalue weighted by Crippen LogP contribution is -2.45. The fourth-order valence-corrected chi connectivity index (χ4v) is 7.54. The third kappa shape index (κ3) is 7.64. The van der Waals surface area contributed by atoms with Crippen molar-refractivity contribution >= 4 is 28.6 Å². The van der Waals surface area contributed by atoms with E-state index in [-0.39, 0.29) is 17.9 Å². The maximum absolute atomic E-state index is 14.0. The number of ether oxygens (including phenoxy) is 2. The summed E-state index contributed by atoms with van der Waals surface area (Å²) in [5.41, 5.74) is 1.95. The minimum atomic E-state index is -4.59. The van der Waals surface area contributed by atoms with E-state index in [0.717, 1.165) is 50.3 Å². The van der Waals surface area contributed by atoms with Gasteiger partial charge in [-0.15, -0.1) is 0 Å². The molecule has 51 heavy (non-hydrogen) atoms. The number of nitrogens with one attached hydrogen (secondary N) is 1. The predicted octanol–water partition coefficient (Wildman–Crippen LogP) is 6.48. The van der Waals surface area contributed by atoms with E-state index in [1.165, 1.54) is 0 Å². The molecule has 2 aliphatic carbocycles. The molecule has 4 aromatic heterocycles. The molecule has 272 valence electrons. The molecule has 5 heterocycles. The van der Waals surface area contributed by atoms with Gasteiger partial charge in [0.2, 0.25) is 0 Å². The van der Waals surface area contributed by atoms with E-state index in [2.05, 4.69) is 29.7 Å². The highest BCUT2D eigenvalue weighted by molar-refractivity contribution is 5.91. The number of piperidine rings is 1. The number of aromatic nitrogens is 6. The number of carbonyl (C=O) groups is 1. The van der Waals surface area contributed by atoms with Gasteiger partial charge >= 0.3 is 12.1 Å². The number of hydrogen-bond acceptors (Lipinski definition) is 10. The summed E-state index contributed by atoms with van der Waals surface area (Å²) in [5.74, 6) is 0.149. The SMILES string of the molecule is COCC1(CN(C)c2cc(-c3cc(C4CC4)nc(C(F)(F)F)c3)nc3nc(-c4cnc(N5CCC(C)(OCC(=O)O)CC5)cn4)[nH]c23)CCCC1. The first-order valence-electron chi connectivity index (χ1n) is 17.5. The van der Waals surface area contributed by atoms with E-state index in [1.807, 2.05) is 20.0 Å². The molecule has 1 aliphatic heterocycles. The average molecular weight is 709 g/mol. The monoisotopic (exact) mass is 708 g/mol. The molecule has 0 atom stereocenters. The number of carboxylic acid groups (broad SMARTS) is 1. The van der Waals surface area contributed by atoms with Crippen molar-refractivity contribution in [3.8, 4) is 22.8 Å². The number of alkyl halides is 3. The summed E-state index contributed by atoms with van der Waals surface area (Å²) < 4.78 is 53.4. The van der Waals surface area contributed by atoms with Crippen molar-refractivity contribution in [1.82, 2.24) is 29.9 Å². The molecule has 2 N–H and O–H groups in total. The molecule has 0 spiro atoms. The van der Waals surface area contributed by atoms with Crippen LogP contribution in [0, 0.1) is 5.41 Å². The molecule has 3 fully saturated rings. The quantitative estimate of drug-likeness (QED) is 0.167. The van der Waals surface area contributed by atoms with E-state index in [9.17, 15) is 18.0 Å². The van der Waals surface area contributed by atoms with E-state index >= 15 is 0 Å². The number of carboxylic acids is 1. The smallest absolute Gasteiger partial charge is 0.433 e. The fraction of sp³-hybridized carbons (Fsp3) is 0.556. The first-order valence-corrected chi connectivity index (χ1v) is 17.5. The van der Waals surface area contributed by atoms with Gasteiger partial charge in [0, 0.05) is 56.4 Å². The van der Waals surface area contributed by atoms with Crippen molar-refractivity contribution in [3.05, 3.63) is 42.0 Å². The van der Waals surface area contributed by atoms with Crippen molar-refractivity contribution < 1.29 is 32.5 Å². The standard InChI is InChI=1S/C36H43F3N8O4/c1-34(51-19-30(48)49)10-12-47(13-11-34)29-18-40-26(17-41-29)32-44-31-27(46(2)20-35(21-50-3)8-4-5-9-35)16-25(43-33(31)45-32)23-14-24(22-6-7-22)42-28(15-23)36(37,38)39/h14-18,22H,4-13,19-21H2,1-3H3,(H,48,49)(H,43,44,45). The van der Waals surface area contributed by atoms with Crippen molar-refractivity contribution in [2.75, 3.05) is 56.8 Å². The number of pyridine rings is 2. The Bertz CT molecular complexity index is 1880. The number of hydrogen-bond donors (Lipinski definition) is 2. The van der Waals surface area contributed by atoms with Crippen LogP contribution in [0.2, 0.25) is 0 Å². The van der Waals surface area contributed by atoms with Crippen molar-refractivity contribution in [2.24, 2.45) is 5.41 Å². The second-order valence-corrected chi connectivity index (χ2v) is 14.6. The van der Waals surface area contributed by atoms with Crippen molar-refractivity contribution in [1.29, 1.82) is 0 Å². The van der Waals surface area contributed by atoms with Crippen LogP contribution in [0.25, 0.3) is 33.9 Å². The molecule has 15 heteroatoms. The lowest BCUT2D eigenvalue weighted by Gasteiger charge is -2.39. The number of aliphatic carboxylic acids is 1. The van der Waals surface area contributed by atoms with Gasteiger partial charge in [0.25, 0.3) is 0 Å². The second kappa shape index (κ2) is 13.6. The van der Waals surface area contributed by atoms with Crippen LogP contribution in [0.3, 0.4) is 0 Å². The molecular weight excluding hydrogens is 665 g/mol. The van der Waals surface area contributed by atoms with Crippen LogP contribution in [-0.2, 0) is 20.4 Å². The number of methoxy groups -OCH3 is 1. The van der Waals surface area contributed by atoms with Crippen LogP contribution in [0.15, 0.2) is 30.6 Å². The molecule has 3 aliphatic rings. The minimum absolute atomic E-state index is 0.0199. The minimum Gasteiger partial charge on any atom is -0.480 e. The van der Waals surface area contributed by atoms with Gasteiger partial charge in [-0.25, -0.2) is 29.7 Å². The Morgan fingerprint density at radius 3 is 2.41 bits per heavy atom. The normalized spacial score (nSPS) is 18.7. The van der Waals surface area contributed by atoms with Gasteiger partial charge in [-0.1, -0.05) is 12.8 Å². The summed E-state index contributed by atoms with van der Waals surface area (Å²) in [6, 6.07) is 4.64. The number of rotatable bonds is 12. The van der Waals surface area contributed by atoms with Crippen LogP contribution in [0.1, 0.15) is 75.6 Å². The zero-order chi connectivity index (χ0) is 36.0. The van der Waals surface area contributed by atoms with Gasteiger partial charge in [-0.2, -0.15) is 13.2 Å². The van der Waals surface area contributed by atoms with E-state index < -0.39 is 23.4 Å². The molecule has 1 saturated heterocycles. The number of halogens is 3. The molecule has 0 amide bonds. The van der Waals surface area contributed by atoms with Crippen LogP contribution in [0.4, 0.5) is 24.7 Å². The highest BCUT2D eigenvalue weighted by Gasteiger charge is 2.38. The summed E-state index contributed by atoms with van der Waals surface area (Å²) >= 11 is 0. The lowest BCUT2D eigenvalue weighted by molar-refractivity contribution is -0.150. The Morgan fingerprint density at radius 1 is 1.04 bits per heavy atom. The molecule has 7 rings (SSSR count). The highest BCUT2D eigenvalue weighted by Crippen LogP contribution is 2.44. The van der Waals surface area contributed by atoms with Crippen LogP contribution in [0.5, 0.6) is 0 Å². The van der Waals surface area contributed by atoms with Crippen molar-refractivity contribution in [2.45, 2.75) is 76.0 Å². The Hall–Kier alpha value is -4.37. The Kier molecular flexibility index (Phi) is 9.37. The summed E-state index contributed by atoms with van der Waals surface area (Å²) in [6.07, 6.45) is 5.94. The number of imidazole rings is 1. The molecular formula is C36H43F3N8O4. The van der Waals surface area contributed by atoms with Gasteiger partial charge in [0.05, 0.1) is 36.0 Å². The maximum Gasteiger partial charge on any atom is 0.433 e. The van der Waals surface area contributed by atoms with Crippen molar-refractivity contribution in [3.63, 3.8) is 0 Å². The summed E-state index contributed by atoms with van der Waals surface area (Å²) in [6.45, 7) is 4.17. The molecule has 0 unspecified atom stereocenters. The number of aromatic amines is 1. The zero-order valence-electron chi connectivity index (χ0n) is 29.1. The van der Waals surface area contributed by atoms with Gasteiger partial charge in [-0.05, 0) is 63.6 Å². The summed E-state index contributed by atoms with van der Waals surface area (Å²) in [4.78, 5) is 41.5. The zero-order valence-corrected chi connectivity index (χ0v) is 29.1. The van der Waals surface area contributed by atoms with Crippen LogP contribution < -0.4 is 9.80 Å². The second-order valence-electron chi connectivity index (χ2n) is 14.6. The summed E-state index contributed by atoms with van der Waals surface area (Å²) in [5, 5.41) is 9.00. The van der Waals surface area contributed by atoms with Gasteiger partial charge in [-0.3, -0.25) is 0 Å². The highest BCUT2D eigenvalue weighted by atomic mass is 19.4. The fourth-order valence-electron chi connectivity index (χ4n) is 7.54. The van der Waals surface area contributed by atoms with Gasteiger partial charge < -0.3 is 29.4 Å². The summed E-state index contributed by atoms with van der Waals surface area (Å²) in [7, 11) is 3.71. The first-order chi connectivity index (χ1) is 24.3. The third-order valence-electron chi connectivity index (χ3n) is 10.5. The van der Waals surface area contributed by atoms with E-state index in [1.54, 1.807) is 25.6 Å².